The molecule has 0 saturated carbocycles. The van der Waals surface area contributed by atoms with Crippen molar-refractivity contribution < 1.29 is 4.79 Å². The molecule has 4 aromatic rings. The molecule has 0 atom stereocenters. The average Bonchev–Trinajstić information content (AvgIpc) is 3.14. The number of fused-ring (bicyclic) bond motifs is 1. The Kier molecular flexibility index (Phi) is 6.29. The molecule has 1 amide bonds. The Bertz CT molecular complexity index is 1210. The first-order valence-electron chi connectivity index (χ1n) is 8.99. The molecule has 0 bridgehead atoms. The van der Waals surface area contributed by atoms with Gasteiger partial charge in [0.15, 0.2) is 5.11 Å². The first kappa shape index (κ1) is 20.8. The van der Waals surface area contributed by atoms with Gasteiger partial charge in [-0.25, -0.2) is 4.98 Å². The van der Waals surface area contributed by atoms with Gasteiger partial charge < -0.3 is 10.6 Å². The molecule has 4 nitrogen and oxygen atoms in total. The molecule has 1 heterocycles. The second kappa shape index (κ2) is 9.10. The molecule has 2 N–H and O–H groups in total. The number of nitrogens with one attached hydrogen (secondary N) is 2. The van der Waals surface area contributed by atoms with E-state index in [-0.39, 0.29) is 17.4 Å². The summed E-state index contributed by atoms with van der Waals surface area (Å²) in [5.41, 5.74) is 3.09. The molecule has 0 aliphatic carbocycles. The van der Waals surface area contributed by atoms with Crippen molar-refractivity contribution in [2.75, 3.05) is 5.32 Å². The standard InChI is InChI=1S/C22H15Cl2N3OS2/c23-15-12-16(24)18(11-14(15)21-25-17-8-4-5-9-19(17)30-21)26-22(29)27-20(28)10-13-6-2-1-3-7-13/h1-9,11-12H,10H2,(H2,26,27,28,29). The van der Waals surface area contributed by atoms with Gasteiger partial charge in [0, 0.05) is 5.56 Å². The van der Waals surface area contributed by atoms with Gasteiger partial charge in [0.05, 0.1) is 32.4 Å². The van der Waals surface area contributed by atoms with Crippen LogP contribution in [0.15, 0.2) is 66.7 Å². The molecule has 0 radical (unpaired) electrons. The number of para-hydroxylation sites is 1. The summed E-state index contributed by atoms with van der Waals surface area (Å²) in [4.78, 5) is 16.9. The van der Waals surface area contributed by atoms with Crippen LogP contribution >= 0.6 is 46.8 Å². The molecule has 0 aliphatic rings. The summed E-state index contributed by atoms with van der Waals surface area (Å²) in [5, 5.41) is 7.48. The molecule has 8 heteroatoms. The number of carbonyl (C=O) groups excluding carboxylic acids is 1. The summed E-state index contributed by atoms with van der Waals surface area (Å²) in [5.74, 6) is -0.213. The lowest BCUT2D eigenvalue weighted by molar-refractivity contribution is -0.119. The zero-order chi connectivity index (χ0) is 21.1. The van der Waals surface area contributed by atoms with Crippen LogP contribution in [0.1, 0.15) is 5.56 Å². The van der Waals surface area contributed by atoms with Crippen LogP contribution in [0.2, 0.25) is 10.0 Å². The number of rotatable bonds is 4. The van der Waals surface area contributed by atoms with E-state index in [4.69, 9.17) is 35.4 Å². The number of hydrogen-bond acceptors (Lipinski definition) is 4. The third-order valence-corrected chi connectivity index (χ3v) is 6.19. The van der Waals surface area contributed by atoms with Crippen molar-refractivity contribution in [3.63, 3.8) is 0 Å². The predicted octanol–water partition coefficient (Wildman–Crippen LogP) is 6.33. The van der Waals surface area contributed by atoms with E-state index in [0.717, 1.165) is 26.4 Å². The highest BCUT2D eigenvalue weighted by Gasteiger charge is 2.15. The maximum absolute atomic E-state index is 12.2. The molecule has 0 saturated heterocycles. The van der Waals surface area contributed by atoms with Crippen molar-refractivity contribution in [3.8, 4) is 10.6 Å². The number of nitrogens with zero attached hydrogens (tertiary/aromatic N) is 1. The van der Waals surface area contributed by atoms with Gasteiger partial charge in [-0.3, -0.25) is 4.79 Å². The minimum atomic E-state index is -0.213. The lowest BCUT2D eigenvalue weighted by Crippen LogP contribution is -2.35. The highest BCUT2D eigenvalue weighted by molar-refractivity contribution is 7.80. The number of amides is 1. The van der Waals surface area contributed by atoms with Crippen LogP contribution in [0.5, 0.6) is 0 Å². The van der Waals surface area contributed by atoms with Crippen LogP contribution in [0.3, 0.4) is 0 Å². The van der Waals surface area contributed by atoms with E-state index in [1.165, 1.54) is 0 Å². The summed E-state index contributed by atoms with van der Waals surface area (Å²) < 4.78 is 1.07. The number of benzene rings is 3. The Hall–Kier alpha value is -2.51. The molecule has 30 heavy (non-hydrogen) atoms. The van der Waals surface area contributed by atoms with Crippen LogP contribution in [-0.4, -0.2) is 16.0 Å². The fourth-order valence-electron chi connectivity index (χ4n) is 2.90. The normalized spacial score (nSPS) is 10.7. The topological polar surface area (TPSA) is 54.0 Å². The second-order valence-corrected chi connectivity index (χ2v) is 8.72. The molecular weight excluding hydrogens is 457 g/mol. The van der Waals surface area contributed by atoms with Crippen LogP contribution in [0.25, 0.3) is 20.8 Å². The number of thiazole rings is 1. The second-order valence-electron chi connectivity index (χ2n) is 6.46. The third-order valence-electron chi connectivity index (χ3n) is 4.29. The van der Waals surface area contributed by atoms with Crippen LogP contribution in [-0.2, 0) is 11.2 Å². The summed E-state index contributed by atoms with van der Waals surface area (Å²) in [6.07, 6.45) is 0.230. The fourth-order valence-corrected chi connectivity index (χ4v) is 4.70. The zero-order valence-corrected chi connectivity index (χ0v) is 18.6. The summed E-state index contributed by atoms with van der Waals surface area (Å²) in [6.45, 7) is 0. The summed E-state index contributed by atoms with van der Waals surface area (Å²) in [7, 11) is 0. The van der Waals surface area contributed by atoms with Crippen molar-refractivity contribution in [3.05, 3.63) is 82.3 Å². The molecule has 4 rings (SSSR count). The van der Waals surface area contributed by atoms with Crippen molar-refractivity contribution in [2.24, 2.45) is 0 Å². The van der Waals surface area contributed by atoms with Crippen molar-refractivity contribution in [1.82, 2.24) is 10.3 Å². The van der Waals surface area contributed by atoms with Crippen molar-refractivity contribution in [1.29, 1.82) is 0 Å². The van der Waals surface area contributed by atoms with Crippen LogP contribution < -0.4 is 10.6 Å². The SMILES string of the molecule is O=C(Cc1ccccc1)NC(=S)Nc1cc(-c2nc3ccccc3s2)c(Cl)cc1Cl. The van der Waals surface area contributed by atoms with E-state index in [1.807, 2.05) is 54.6 Å². The molecular formula is C22H15Cl2N3OS2. The Morgan fingerprint density at radius 2 is 1.73 bits per heavy atom. The van der Waals surface area contributed by atoms with Gasteiger partial charge in [0.25, 0.3) is 0 Å². The maximum Gasteiger partial charge on any atom is 0.230 e. The zero-order valence-electron chi connectivity index (χ0n) is 15.5. The summed E-state index contributed by atoms with van der Waals surface area (Å²) >= 11 is 19.6. The third kappa shape index (κ3) is 4.79. The lowest BCUT2D eigenvalue weighted by Gasteiger charge is -2.13. The lowest BCUT2D eigenvalue weighted by atomic mass is 10.1. The van der Waals surface area contributed by atoms with Gasteiger partial charge in [-0.2, -0.15) is 0 Å². The van der Waals surface area contributed by atoms with Gasteiger partial charge in [-0.1, -0.05) is 65.7 Å². The molecule has 3 aromatic carbocycles. The largest absolute Gasteiger partial charge is 0.331 e. The Morgan fingerprint density at radius 1 is 1.00 bits per heavy atom. The number of anilines is 1. The smallest absolute Gasteiger partial charge is 0.230 e. The average molecular weight is 472 g/mol. The van der Waals surface area contributed by atoms with E-state index in [2.05, 4.69) is 15.6 Å². The fraction of sp³-hybridized carbons (Fsp3) is 0.0455. The van der Waals surface area contributed by atoms with Gasteiger partial charge in [-0.05, 0) is 42.0 Å². The quantitative estimate of drug-likeness (QED) is 0.341. The molecule has 0 unspecified atom stereocenters. The Balaban J connectivity index is 1.52. The minimum absolute atomic E-state index is 0.162. The molecule has 150 valence electrons. The molecule has 0 aliphatic heterocycles. The first-order chi connectivity index (χ1) is 14.5. The van der Waals surface area contributed by atoms with Gasteiger partial charge in [0.1, 0.15) is 5.01 Å². The van der Waals surface area contributed by atoms with Gasteiger partial charge >= 0.3 is 0 Å². The minimum Gasteiger partial charge on any atom is -0.331 e. The maximum atomic E-state index is 12.2. The molecule has 0 spiro atoms. The summed E-state index contributed by atoms with van der Waals surface area (Å²) in [6, 6.07) is 20.8. The van der Waals surface area contributed by atoms with Crippen LogP contribution in [0.4, 0.5) is 5.69 Å². The van der Waals surface area contributed by atoms with Crippen LogP contribution in [0, 0.1) is 0 Å². The van der Waals surface area contributed by atoms with Crippen molar-refractivity contribution >= 4 is 73.7 Å². The number of carbonyl (C=O) groups is 1. The number of hydrogen-bond donors (Lipinski definition) is 2. The Morgan fingerprint density at radius 3 is 2.50 bits per heavy atom. The molecule has 0 fully saturated rings. The van der Waals surface area contributed by atoms with E-state index in [0.29, 0.717) is 15.7 Å². The van der Waals surface area contributed by atoms with E-state index < -0.39 is 0 Å². The van der Waals surface area contributed by atoms with E-state index in [1.54, 1.807) is 23.5 Å². The predicted molar refractivity (Wildman–Crippen MR) is 130 cm³/mol. The van der Waals surface area contributed by atoms with Crippen molar-refractivity contribution in [2.45, 2.75) is 6.42 Å². The molecule has 1 aromatic heterocycles. The van der Waals surface area contributed by atoms with E-state index in [9.17, 15) is 4.79 Å². The Labute approximate surface area is 192 Å². The number of thiocarbonyl (C=S) groups is 1. The number of halogens is 2. The highest BCUT2D eigenvalue weighted by Crippen LogP contribution is 2.38. The number of aromatic nitrogens is 1. The van der Waals surface area contributed by atoms with Gasteiger partial charge in [-0.15, -0.1) is 11.3 Å². The monoisotopic (exact) mass is 471 g/mol. The first-order valence-corrected chi connectivity index (χ1v) is 11.0. The van der Waals surface area contributed by atoms with E-state index >= 15 is 0 Å². The van der Waals surface area contributed by atoms with Gasteiger partial charge in [0.2, 0.25) is 5.91 Å². The highest BCUT2D eigenvalue weighted by atomic mass is 35.5.